The van der Waals surface area contributed by atoms with Crippen molar-refractivity contribution in [2.24, 2.45) is 0 Å². The Morgan fingerprint density at radius 3 is 2.36 bits per heavy atom. The minimum absolute atomic E-state index is 0.126. The summed E-state index contributed by atoms with van der Waals surface area (Å²) in [7, 11) is -3.66. The van der Waals surface area contributed by atoms with Crippen molar-refractivity contribution in [1.29, 1.82) is 0 Å². The van der Waals surface area contributed by atoms with E-state index in [0.717, 1.165) is 50.5 Å². The van der Waals surface area contributed by atoms with E-state index >= 15 is 0 Å². The lowest BCUT2D eigenvalue weighted by Crippen LogP contribution is -2.32. The number of sulfonamides is 1. The van der Waals surface area contributed by atoms with Crippen LogP contribution in [0, 0.1) is 0 Å². The number of benzene rings is 2. The summed E-state index contributed by atoms with van der Waals surface area (Å²) in [5.74, 6) is -0.350. The molecule has 1 aliphatic heterocycles. The number of carbonyl (C=O) groups is 1. The van der Waals surface area contributed by atoms with Crippen LogP contribution in [-0.4, -0.2) is 31.7 Å². The molecule has 7 heteroatoms. The molecule has 0 spiro atoms. The van der Waals surface area contributed by atoms with Crippen molar-refractivity contribution in [2.45, 2.75) is 75.6 Å². The van der Waals surface area contributed by atoms with Crippen molar-refractivity contribution >= 4 is 27.5 Å². The molecule has 0 unspecified atom stereocenters. The lowest BCUT2D eigenvalue weighted by molar-refractivity contribution is 0.0935. The van der Waals surface area contributed by atoms with Gasteiger partial charge in [0.15, 0.2) is 0 Å². The molecule has 1 aliphatic carbocycles. The van der Waals surface area contributed by atoms with Crippen molar-refractivity contribution < 1.29 is 13.2 Å². The smallest absolute Gasteiger partial charge is 0.253 e. The molecule has 2 aliphatic rings. The van der Waals surface area contributed by atoms with Gasteiger partial charge in [-0.3, -0.25) is 4.79 Å². The topological polar surface area (TPSA) is 66.5 Å². The summed E-state index contributed by atoms with van der Waals surface area (Å²) in [6.45, 7) is 3.07. The monoisotopic (exact) mass is 488 g/mol. The Balaban J connectivity index is 1.56. The largest absolute Gasteiger partial charge is 0.345 e. The van der Waals surface area contributed by atoms with Gasteiger partial charge in [0.2, 0.25) is 10.0 Å². The maximum atomic E-state index is 13.2. The Kier molecular flexibility index (Phi) is 7.77. The number of amides is 1. The number of halogens is 1. The normalized spacial score (nSPS) is 18.2. The summed E-state index contributed by atoms with van der Waals surface area (Å²) < 4.78 is 28.0. The lowest BCUT2D eigenvalue weighted by atomic mass is 9.88. The third-order valence-electron chi connectivity index (χ3n) is 6.87. The number of hydrogen-bond donors (Lipinski definition) is 1. The third-order valence-corrected chi connectivity index (χ3v) is 9.10. The number of nitrogens with one attached hydrogen (secondary N) is 1. The molecule has 0 saturated carbocycles. The zero-order chi connectivity index (χ0) is 23.4. The van der Waals surface area contributed by atoms with Gasteiger partial charge in [0.25, 0.3) is 5.91 Å². The zero-order valence-corrected chi connectivity index (χ0v) is 20.9. The molecule has 1 amide bonds. The van der Waals surface area contributed by atoms with E-state index in [2.05, 4.69) is 23.5 Å². The summed E-state index contributed by atoms with van der Waals surface area (Å²) >= 11 is 6.35. The predicted molar refractivity (Wildman–Crippen MR) is 132 cm³/mol. The first kappa shape index (κ1) is 24.2. The average molecular weight is 489 g/mol. The summed E-state index contributed by atoms with van der Waals surface area (Å²) in [6.07, 6.45) is 9.17. The maximum absolute atomic E-state index is 13.2. The van der Waals surface area contributed by atoms with Gasteiger partial charge < -0.3 is 5.32 Å². The molecule has 2 aromatic carbocycles. The van der Waals surface area contributed by atoms with E-state index in [4.69, 9.17) is 11.6 Å². The Morgan fingerprint density at radius 1 is 0.970 bits per heavy atom. The number of carbonyl (C=O) groups excluding carboxylic acids is 1. The van der Waals surface area contributed by atoms with Crippen molar-refractivity contribution in [2.75, 3.05) is 13.1 Å². The summed E-state index contributed by atoms with van der Waals surface area (Å²) in [4.78, 5) is 13.3. The SMILES string of the molecule is CC[C@@H](NC(=O)c1cc(S(=O)(=O)N2CCCCCC2)ccc1Cl)c1ccc2c(c1)CCCC2. The fourth-order valence-corrected chi connectivity index (χ4v) is 6.64. The fourth-order valence-electron chi connectivity index (χ4n) is 4.90. The van der Waals surface area contributed by atoms with Gasteiger partial charge in [0, 0.05) is 13.1 Å². The molecule has 1 fully saturated rings. The first-order chi connectivity index (χ1) is 15.9. The van der Waals surface area contributed by atoms with Gasteiger partial charge >= 0.3 is 0 Å². The highest BCUT2D eigenvalue weighted by molar-refractivity contribution is 7.89. The number of hydrogen-bond acceptors (Lipinski definition) is 3. The van der Waals surface area contributed by atoms with Crippen LogP contribution in [0.5, 0.6) is 0 Å². The van der Waals surface area contributed by atoms with Crippen LogP contribution in [0.25, 0.3) is 0 Å². The third kappa shape index (κ3) is 5.44. The van der Waals surface area contributed by atoms with Gasteiger partial charge in [-0.15, -0.1) is 0 Å². The van der Waals surface area contributed by atoms with Gasteiger partial charge in [0.05, 0.1) is 21.5 Å². The molecule has 4 rings (SSSR count). The fraction of sp³-hybridized carbons (Fsp3) is 0.500. The minimum atomic E-state index is -3.66. The van der Waals surface area contributed by atoms with Crippen molar-refractivity contribution in [3.05, 3.63) is 63.7 Å². The quantitative estimate of drug-likeness (QED) is 0.570. The second kappa shape index (κ2) is 10.6. The van der Waals surface area contributed by atoms with Gasteiger partial charge in [0.1, 0.15) is 0 Å². The highest BCUT2D eigenvalue weighted by Gasteiger charge is 2.27. The highest BCUT2D eigenvalue weighted by atomic mass is 35.5. The van der Waals surface area contributed by atoms with E-state index in [1.54, 1.807) is 0 Å². The average Bonchev–Trinajstić information content (AvgIpc) is 3.12. The van der Waals surface area contributed by atoms with Gasteiger partial charge in [-0.1, -0.05) is 49.6 Å². The molecule has 1 heterocycles. The molecule has 1 saturated heterocycles. The van der Waals surface area contributed by atoms with E-state index in [9.17, 15) is 13.2 Å². The van der Waals surface area contributed by atoms with E-state index in [1.165, 1.54) is 46.5 Å². The van der Waals surface area contributed by atoms with Gasteiger partial charge in [-0.2, -0.15) is 4.31 Å². The van der Waals surface area contributed by atoms with E-state index in [-0.39, 0.29) is 27.4 Å². The molecule has 5 nitrogen and oxygen atoms in total. The molecule has 0 radical (unpaired) electrons. The van der Waals surface area contributed by atoms with Crippen molar-refractivity contribution in [1.82, 2.24) is 9.62 Å². The summed E-state index contributed by atoms with van der Waals surface area (Å²) in [5, 5.41) is 3.34. The van der Waals surface area contributed by atoms with Crippen LogP contribution in [0.15, 0.2) is 41.3 Å². The Labute approximate surface area is 202 Å². The van der Waals surface area contributed by atoms with Gasteiger partial charge in [-0.25, -0.2) is 8.42 Å². The van der Waals surface area contributed by atoms with Crippen LogP contribution < -0.4 is 5.32 Å². The summed E-state index contributed by atoms with van der Waals surface area (Å²) in [6, 6.07) is 10.8. The Hall–Kier alpha value is -1.89. The van der Waals surface area contributed by atoms with Crippen LogP contribution in [0.2, 0.25) is 5.02 Å². The maximum Gasteiger partial charge on any atom is 0.253 e. The van der Waals surface area contributed by atoms with E-state index in [1.807, 2.05) is 6.92 Å². The number of fused-ring (bicyclic) bond motifs is 1. The van der Waals surface area contributed by atoms with E-state index in [0.29, 0.717) is 13.1 Å². The molecular weight excluding hydrogens is 456 g/mol. The van der Waals surface area contributed by atoms with Crippen LogP contribution in [-0.2, 0) is 22.9 Å². The molecule has 1 atom stereocenters. The highest BCUT2D eigenvalue weighted by Crippen LogP contribution is 2.28. The van der Waals surface area contributed by atoms with Crippen molar-refractivity contribution in [3.8, 4) is 0 Å². The second-order valence-corrected chi connectivity index (χ2v) is 11.5. The molecule has 0 bridgehead atoms. The lowest BCUT2D eigenvalue weighted by Gasteiger charge is -2.23. The Bertz CT molecular complexity index is 1110. The van der Waals surface area contributed by atoms with E-state index < -0.39 is 10.0 Å². The number of aryl methyl sites for hydroxylation is 2. The van der Waals surface area contributed by atoms with Crippen LogP contribution in [0.1, 0.15) is 85.0 Å². The van der Waals surface area contributed by atoms with Crippen molar-refractivity contribution in [3.63, 3.8) is 0 Å². The summed E-state index contributed by atoms with van der Waals surface area (Å²) in [5.41, 5.74) is 4.05. The first-order valence-corrected chi connectivity index (χ1v) is 13.9. The number of nitrogens with zero attached hydrogens (tertiary/aromatic N) is 1. The Morgan fingerprint density at radius 2 is 1.67 bits per heavy atom. The first-order valence-electron chi connectivity index (χ1n) is 12.1. The molecular formula is C26H33ClN2O3S. The molecule has 2 aromatic rings. The molecule has 1 N–H and O–H groups in total. The molecule has 33 heavy (non-hydrogen) atoms. The second-order valence-electron chi connectivity index (χ2n) is 9.13. The van der Waals surface area contributed by atoms with Gasteiger partial charge in [-0.05, 0) is 79.8 Å². The standard InChI is InChI=1S/C26H33ClN2O3S/c1-2-25(21-12-11-19-9-5-6-10-20(19)17-21)28-26(30)23-18-22(13-14-24(23)27)33(31,32)29-15-7-3-4-8-16-29/h11-14,17-18,25H,2-10,15-16H2,1H3,(H,28,30)/t25-/m1/s1. The minimum Gasteiger partial charge on any atom is -0.345 e. The van der Waals surface area contributed by atoms with Crippen LogP contribution in [0.3, 0.4) is 0 Å². The molecule has 0 aromatic heterocycles. The predicted octanol–water partition coefficient (Wildman–Crippen LogP) is 5.66. The van der Waals surface area contributed by atoms with Crippen LogP contribution in [0.4, 0.5) is 0 Å². The molecule has 178 valence electrons. The zero-order valence-electron chi connectivity index (χ0n) is 19.3. The van der Waals surface area contributed by atoms with Crippen LogP contribution >= 0.6 is 11.6 Å². The number of rotatable bonds is 6.